The summed E-state index contributed by atoms with van der Waals surface area (Å²) in [5.74, 6) is 1.44. The van der Waals surface area contributed by atoms with Crippen LogP contribution in [0.3, 0.4) is 0 Å². The van der Waals surface area contributed by atoms with Crippen LogP contribution in [0.15, 0.2) is 30.3 Å². The molecular formula is C18H17ClN2O2S2. The quantitative estimate of drug-likeness (QED) is 0.565. The van der Waals surface area contributed by atoms with Crippen molar-refractivity contribution in [2.75, 3.05) is 24.6 Å². The van der Waals surface area contributed by atoms with E-state index in [1.165, 1.54) is 11.3 Å². The zero-order valence-electron chi connectivity index (χ0n) is 13.5. The molecule has 0 radical (unpaired) electrons. The van der Waals surface area contributed by atoms with E-state index in [1.807, 2.05) is 30.3 Å². The molecule has 0 saturated carbocycles. The predicted molar refractivity (Wildman–Crippen MR) is 105 cm³/mol. The van der Waals surface area contributed by atoms with Gasteiger partial charge in [-0.25, -0.2) is 4.98 Å². The molecular weight excluding hydrogens is 376 g/mol. The number of aromatic nitrogens is 1. The second-order valence-electron chi connectivity index (χ2n) is 6.13. The predicted octanol–water partition coefficient (Wildman–Crippen LogP) is 5.12. The molecule has 4 nitrogen and oxygen atoms in total. The van der Waals surface area contributed by atoms with Gasteiger partial charge in [0.2, 0.25) is 0 Å². The number of fused-ring (bicyclic) bond motifs is 1. The third-order valence-corrected chi connectivity index (χ3v) is 6.80. The highest BCUT2D eigenvalue weighted by Crippen LogP contribution is 2.35. The minimum Gasteiger partial charge on any atom is -0.493 e. The topological polar surface area (TPSA) is 42.4 Å². The van der Waals surface area contributed by atoms with Gasteiger partial charge in [-0.1, -0.05) is 22.9 Å². The minimum atomic E-state index is 0.565. The van der Waals surface area contributed by atoms with Crippen LogP contribution in [0, 0.1) is 5.92 Å². The molecule has 7 heteroatoms. The average molecular weight is 393 g/mol. The van der Waals surface area contributed by atoms with Crippen molar-refractivity contribution < 1.29 is 9.53 Å². The number of piperidine rings is 1. The third-order valence-electron chi connectivity index (χ3n) is 4.40. The second-order valence-corrected chi connectivity index (χ2v) is 8.64. The Hall–Kier alpha value is -1.63. The van der Waals surface area contributed by atoms with E-state index >= 15 is 0 Å². The molecule has 0 spiro atoms. The first-order valence-corrected chi connectivity index (χ1v) is 10.2. The molecule has 0 atom stereocenters. The Labute approximate surface area is 159 Å². The summed E-state index contributed by atoms with van der Waals surface area (Å²) < 4.78 is 6.99. The monoisotopic (exact) mass is 392 g/mol. The highest BCUT2D eigenvalue weighted by atomic mass is 35.5. The Balaban J connectivity index is 1.31. The van der Waals surface area contributed by atoms with Crippen molar-refractivity contribution >= 4 is 55.2 Å². The zero-order valence-corrected chi connectivity index (χ0v) is 15.9. The van der Waals surface area contributed by atoms with Gasteiger partial charge in [0.15, 0.2) is 11.4 Å². The number of rotatable bonds is 5. The van der Waals surface area contributed by atoms with Crippen LogP contribution in [-0.4, -0.2) is 31.0 Å². The van der Waals surface area contributed by atoms with Crippen molar-refractivity contribution in [2.24, 2.45) is 5.92 Å². The van der Waals surface area contributed by atoms with Crippen LogP contribution in [0.5, 0.6) is 5.75 Å². The normalized spacial score (nSPS) is 15.6. The van der Waals surface area contributed by atoms with Crippen LogP contribution in [-0.2, 0) is 0 Å². The molecule has 2 aromatic heterocycles. The van der Waals surface area contributed by atoms with Gasteiger partial charge in [0.1, 0.15) is 10.6 Å². The van der Waals surface area contributed by atoms with Gasteiger partial charge in [-0.2, -0.15) is 0 Å². The van der Waals surface area contributed by atoms with Gasteiger partial charge in [-0.3, -0.25) is 4.79 Å². The molecule has 130 valence electrons. The highest BCUT2D eigenvalue weighted by molar-refractivity contribution is 7.29. The molecule has 0 N–H and O–H groups in total. The van der Waals surface area contributed by atoms with Gasteiger partial charge >= 0.3 is 0 Å². The average Bonchev–Trinajstić information content (AvgIpc) is 3.20. The van der Waals surface area contributed by atoms with E-state index < -0.39 is 0 Å². The van der Waals surface area contributed by atoms with E-state index in [-0.39, 0.29) is 0 Å². The molecule has 3 aromatic rings. The summed E-state index contributed by atoms with van der Waals surface area (Å²) in [7, 11) is 0. The number of anilines is 1. The van der Waals surface area contributed by atoms with Crippen molar-refractivity contribution in [3.63, 3.8) is 0 Å². The van der Waals surface area contributed by atoms with Crippen molar-refractivity contribution in [3.8, 4) is 5.75 Å². The van der Waals surface area contributed by atoms with Crippen LogP contribution in [0.4, 0.5) is 5.13 Å². The number of carbonyl (C=O) groups excluding carboxylic acids is 1. The molecule has 0 amide bonds. The molecule has 0 aliphatic carbocycles. The summed E-state index contributed by atoms with van der Waals surface area (Å²) in [4.78, 5) is 19.6. The smallest absolute Gasteiger partial charge is 0.187 e. The third kappa shape index (κ3) is 3.81. The number of aldehydes is 1. The van der Waals surface area contributed by atoms with E-state index in [2.05, 4.69) is 4.90 Å². The fourth-order valence-corrected chi connectivity index (χ4v) is 5.18. The number of hydrogen-bond donors (Lipinski definition) is 0. The largest absolute Gasteiger partial charge is 0.493 e. The molecule has 4 rings (SSSR count). The molecule has 25 heavy (non-hydrogen) atoms. The van der Waals surface area contributed by atoms with Crippen LogP contribution in [0.1, 0.15) is 22.5 Å². The first-order valence-electron chi connectivity index (χ1n) is 8.20. The number of halogens is 1. The van der Waals surface area contributed by atoms with Crippen LogP contribution in [0.2, 0.25) is 5.02 Å². The Kier molecular flexibility index (Phi) is 4.92. The SMILES string of the molecule is O=Cc1cc2sc(N3CCC(COc4ccc(Cl)cc4)CC3)nc2s1. The van der Waals surface area contributed by atoms with E-state index in [0.717, 1.165) is 69.1 Å². The van der Waals surface area contributed by atoms with Crippen molar-refractivity contribution in [3.05, 3.63) is 40.2 Å². The maximum absolute atomic E-state index is 10.8. The molecule has 0 bridgehead atoms. The van der Waals surface area contributed by atoms with E-state index in [0.29, 0.717) is 5.92 Å². The number of thiazole rings is 1. The van der Waals surface area contributed by atoms with Crippen molar-refractivity contribution in [2.45, 2.75) is 12.8 Å². The standard InChI is InChI=1S/C18H17ClN2O2S2/c19-13-1-3-14(4-2-13)23-11-12-5-7-21(8-6-12)18-20-17-16(25-18)9-15(10-22)24-17/h1-4,9-10,12H,5-8,11H2. The Morgan fingerprint density at radius 1 is 1.24 bits per heavy atom. The number of carbonyl (C=O) groups is 1. The number of ether oxygens (including phenoxy) is 1. The van der Waals surface area contributed by atoms with Crippen LogP contribution in [0.25, 0.3) is 9.53 Å². The van der Waals surface area contributed by atoms with Gasteiger partial charge in [0.05, 0.1) is 16.2 Å². The van der Waals surface area contributed by atoms with Gasteiger partial charge in [-0.05, 0) is 49.1 Å². The molecule has 1 saturated heterocycles. The molecule has 1 fully saturated rings. The Morgan fingerprint density at radius 2 is 2.00 bits per heavy atom. The van der Waals surface area contributed by atoms with E-state index in [9.17, 15) is 4.79 Å². The minimum absolute atomic E-state index is 0.565. The summed E-state index contributed by atoms with van der Waals surface area (Å²) in [5.41, 5.74) is 0. The summed E-state index contributed by atoms with van der Waals surface area (Å²) in [6.07, 6.45) is 3.09. The van der Waals surface area contributed by atoms with Crippen LogP contribution < -0.4 is 9.64 Å². The molecule has 1 aliphatic rings. The zero-order chi connectivity index (χ0) is 17.2. The van der Waals surface area contributed by atoms with E-state index in [1.54, 1.807) is 11.3 Å². The lowest BCUT2D eigenvalue weighted by molar-refractivity contribution is 0.112. The van der Waals surface area contributed by atoms with Gasteiger partial charge in [0.25, 0.3) is 0 Å². The Morgan fingerprint density at radius 3 is 2.68 bits per heavy atom. The molecule has 1 aliphatic heterocycles. The van der Waals surface area contributed by atoms with E-state index in [4.69, 9.17) is 21.3 Å². The first kappa shape index (κ1) is 16.8. The lowest BCUT2D eigenvalue weighted by Crippen LogP contribution is -2.35. The van der Waals surface area contributed by atoms with Crippen molar-refractivity contribution in [1.29, 1.82) is 0 Å². The van der Waals surface area contributed by atoms with Gasteiger partial charge in [0, 0.05) is 18.1 Å². The lowest BCUT2D eigenvalue weighted by atomic mass is 9.98. The summed E-state index contributed by atoms with van der Waals surface area (Å²) in [5, 5.41) is 1.79. The maximum atomic E-state index is 10.8. The Bertz CT molecular complexity index is 835. The number of nitrogens with zero attached hydrogens (tertiary/aromatic N) is 2. The number of benzene rings is 1. The maximum Gasteiger partial charge on any atom is 0.187 e. The summed E-state index contributed by atoms with van der Waals surface area (Å²) >= 11 is 9.03. The fraction of sp³-hybridized carbons (Fsp3) is 0.333. The second kappa shape index (κ2) is 7.32. The highest BCUT2D eigenvalue weighted by Gasteiger charge is 2.22. The lowest BCUT2D eigenvalue weighted by Gasteiger charge is -2.31. The summed E-state index contributed by atoms with van der Waals surface area (Å²) in [6.45, 7) is 2.73. The fourth-order valence-electron chi connectivity index (χ4n) is 2.97. The first-order chi connectivity index (χ1) is 12.2. The number of hydrogen-bond acceptors (Lipinski definition) is 6. The molecule has 1 aromatic carbocycles. The number of thiophene rings is 1. The summed E-state index contributed by atoms with van der Waals surface area (Å²) in [6, 6.07) is 9.45. The van der Waals surface area contributed by atoms with Crippen LogP contribution >= 0.6 is 34.3 Å². The molecule has 0 unspecified atom stereocenters. The molecule has 3 heterocycles. The van der Waals surface area contributed by atoms with Gasteiger partial charge < -0.3 is 9.64 Å². The van der Waals surface area contributed by atoms with Crippen molar-refractivity contribution in [1.82, 2.24) is 4.98 Å². The van der Waals surface area contributed by atoms with Gasteiger partial charge in [-0.15, -0.1) is 11.3 Å².